The van der Waals surface area contributed by atoms with Gasteiger partial charge in [-0.05, 0) is 45.0 Å². The first-order valence-corrected chi connectivity index (χ1v) is 11.2. The molecule has 1 heterocycles. The number of benzene rings is 2. The number of carbonyl (C=O) groups is 2. The van der Waals surface area contributed by atoms with Crippen molar-refractivity contribution >= 4 is 23.2 Å². The first kappa shape index (κ1) is 22.7. The number of rotatable bonds is 7. The lowest BCUT2D eigenvalue weighted by atomic mass is 10.1. The third-order valence-corrected chi connectivity index (χ3v) is 6.26. The van der Waals surface area contributed by atoms with Gasteiger partial charge in [0.25, 0.3) is 11.8 Å². The van der Waals surface area contributed by atoms with Crippen molar-refractivity contribution in [3.05, 3.63) is 76.3 Å². The van der Waals surface area contributed by atoms with Crippen molar-refractivity contribution in [3.63, 3.8) is 0 Å². The van der Waals surface area contributed by atoms with Crippen molar-refractivity contribution in [1.29, 1.82) is 0 Å². The number of nitrogens with one attached hydrogen (secondary N) is 2. The summed E-state index contributed by atoms with van der Waals surface area (Å²) in [6, 6.07) is 17.6. The van der Waals surface area contributed by atoms with E-state index in [4.69, 9.17) is 0 Å². The second-order valence-electron chi connectivity index (χ2n) is 7.56. The van der Waals surface area contributed by atoms with Crippen molar-refractivity contribution in [2.45, 2.75) is 40.3 Å². The average Bonchev–Trinajstić information content (AvgIpc) is 3.18. The number of hydrogen-bond donors (Lipinski definition) is 2. The monoisotopic (exact) mass is 436 g/mol. The molecule has 3 aromatic rings. The Kier molecular flexibility index (Phi) is 7.55. The van der Waals surface area contributed by atoms with E-state index in [-0.39, 0.29) is 11.8 Å². The number of nitrogens with zero attached hydrogens (tertiary/aromatic N) is 2. The van der Waals surface area contributed by atoms with Gasteiger partial charge in [-0.2, -0.15) is 0 Å². The van der Waals surface area contributed by atoms with Gasteiger partial charge in [0.05, 0.1) is 5.69 Å². The molecule has 0 saturated carbocycles. The van der Waals surface area contributed by atoms with Crippen LogP contribution in [-0.2, 0) is 6.54 Å². The summed E-state index contributed by atoms with van der Waals surface area (Å²) in [7, 11) is 0. The summed E-state index contributed by atoms with van der Waals surface area (Å²) in [5.74, 6) is -0.737. The molecule has 0 atom stereocenters. The van der Waals surface area contributed by atoms with E-state index in [1.807, 2.05) is 42.5 Å². The van der Waals surface area contributed by atoms with Gasteiger partial charge in [0.1, 0.15) is 9.88 Å². The van der Waals surface area contributed by atoms with Crippen LogP contribution in [0.4, 0.5) is 0 Å². The fourth-order valence-electron chi connectivity index (χ4n) is 3.21. The molecule has 3 rings (SSSR count). The van der Waals surface area contributed by atoms with Gasteiger partial charge >= 0.3 is 0 Å². The smallest absolute Gasteiger partial charge is 0.281 e. The van der Waals surface area contributed by atoms with E-state index in [0.717, 1.165) is 29.2 Å². The Bertz CT molecular complexity index is 1030. The molecule has 2 N–H and O–H groups in total. The lowest BCUT2D eigenvalue weighted by molar-refractivity contribution is 0.0848. The molecule has 7 heteroatoms. The minimum absolute atomic E-state index is 0.360. The van der Waals surface area contributed by atoms with Crippen LogP contribution in [0.25, 0.3) is 10.6 Å². The third-order valence-electron chi connectivity index (χ3n) is 5.05. The molecule has 0 spiro atoms. The topological polar surface area (TPSA) is 74.3 Å². The van der Waals surface area contributed by atoms with Gasteiger partial charge < -0.3 is 0 Å². The second kappa shape index (κ2) is 10.3. The Hall–Kier alpha value is -3.03. The Labute approximate surface area is 187 Å². The molecule has 0 aliphatic heterocycles. The quantitative estimate of drug-likeness (QED) is 0.538. The molecule has 0 aliphatic rings. The van der Waals surface area contributed by atoms with E-state index in [1.54, 1.807) is 19.1 Å². The molecule has 0 unspecified atom stereocenters. The summed E-state index contributed by atoms with van der Waals surface area (Å²) in [5.41, 5.74) is 8.21. The predicted octanol–water partition coefficient (Wildman–Crippen LogP) is 4.42. The van der Waals surface area contributed by atoms with Crippen molar-refractivity contribution in [1.82, 2.24) is 20.7 Å². The zero-order valence-corrected chi connectivity index (χ0v) is 19.1. The van der Waals surface area contributed by atoms with E-state index in [1.165, 1.54) is 11.3 Å². The van der Waals surface area contributed by atoms with Crippen molar-refractivity contribution in [3.8, 4) is 10.6 Å². The summed E-state index contributed by atoms with van der Waals surface area (Å²) in [6.07, 6.45) is 0. The van der Waals surface area contributed by atoms with Crippen molar-refractivity contribution in [2.24, 2.45) is 0 Å². The van der Waals surface area contributed by atoms with E-state index >= 15 is 0 Å². The van der Waals surface area contributed by atoms with Crippen LogP contribution in [0.2, 0.25) is 0 Å². The number of carbonyl (C=O) groups excluding carboxylic acids is 2. The average molecular weight is 437 g/mol. The largest absolute Gasteiger partial charge is 0.297 e. The number of aryl methyl sites for hydroxylation is 1. The second-order valence-corrected chi connectivity index (χ2v) is 8.56. The summed E-state index contributed by atoms with van der Waals surface area (Å²) < 4.78 is 0. The molecule has 0 fully saturated rings. The molecule has 6 nitrogen and oxygen atoms in total. The lowest BCUT2D eigenvalue weighted by Gasteiger charge is -2.24. The lowest BCUT2D eigenvalue weighted by Crippen LogP contribution is -2.41. The van der Waals surface area contributed by atoms with Crippen LogP contribution in [0.15, 0.2) is 54.6 Å². The van der Waals surface area contributed by atoms with Crippen molar-refractivity contribution < 1.29 is 9.59 Å². The van der Waals surface area contributed by atoms with E-state index in [2.05, 4.69) is 41.5 Å². The molecule has 0 radical (unpaired) electrons. The summed E-state index contributed by atoms with van der Waals surface area (Å²) in [5, 5.41) is 0.771. The number of thiazole rings is 1. The zero-order chi connectivity index (χ0) is 22.4. The van der Waals surface area contributed by atoms with Crippen LogP contribution in [0, 0.1) is 6.92 Å². The maximum Gasteiger partial charge on any atom is 0.281 e. The van der Waals surface area contributed by atoms with Gasteiger partial charge in [-0.15, -0.1) is 11.3 Å². The highest BCUT2D eigenvalue weighted by molar-refractivity contribution is 7.17. The van der Waals surface area contributed by atoms with Crippen LogP contribution in [0.1, 0.15) is 52.1 Å². The van der Waals surface area contributed by atoms with E-state index < -0.39 is 0 Å². The summed E-state index contributed by atoms with van der Waals surface area (Å²) >= 11 is 1.30. The molecule has 0 saturated heterocycles. The number of amides is 2. The van der Waals surface area contributed by atoms with Crippen LogP contribution >= 0.6 is 11.3 Å². The summed E-state index contributed by atoms with van der Waals surface area (Å²) in [6.45, 7) is 10.1. The van der Waals surface area contributed by atoms with Gasteiger partial charge in [-0.3, -0.25) is 25.3 Å². The number of hydrogen-bond acceptors (Lipinski definition) is 5. The van der Waals surface area contributed by atoms with E-state index in [0.29, 0.717) is 22.2 Å². The van der Waals surface area contributed by atoms with Crippen LogP contribution < -0.4 is 10.9 Å². The fourth-order valence-corrected chi connectivity index (χ4v) is 4.18. The highest BCUT2D eigenvalue weighted by atomic mass is 32.1. The molecule has 162 valence electrons. The Morgan fingerprint density at radius 3 is 2.26 bits per heavy atom. The molecular weight excluding hydrogens is 408 g/mol. The standard InChI is InChI=1S/C24H28N4O2S/c1-5-28(16(2)3)15-18-11-13-19(14-12-18)22(29)26-27-23(30)21-17(4)25-24(31-21)20-9-7-6-8-10-20/h6-14,16H,5,15H2,1-4H3,(H,26,29)(H,27,30). The minimum Gasteiger partial charge on any atom is -0.297 e. The summed E-state index contributed by atoms with van der Waals surface area (Å²) in [4.78, 5) is 32.3. The van der Waals surface area contributed by atoms with Gasteiger partial charge in [0, 0.05) is 23.7 Å². The minimum atomic E-state index is -0.377. The number of aromatic nitrogens is 1. The van der Waals surface area contributed by atoms with E-state index in [9.17, 15) is 9.59 Å². The SMILES string of the molecule is CCN(Cc1ccc(C(=O)NNC(=O)c2sc(-c3ccccc3)nc2C)cc1)C(C)C. The van der Waals surface area contributed by atoms with Crippen LogP contribution in [0.3, 0.4) is 0 Å². The normalized spacial score (nSPS) is 11.0. The maximum atomic E-state index is 12.6. The molecule has 31 heavy (non-hydrogen) atoms. The number of hydrazine groups is 1. The first-order valence-electron chi connectivity index (χ1n) is 10.4. The third kappa shape index (κ3) is 5.77. The van der Waals surface area contributed by atoms with Crippen LogP contribution in [-0.4, -0.2) is 34.3 Å². The Balaban J connectivity index is 1.59. The highest BCUT2D eigenvalue weighted by Crippen LogP contribution is 2.27. The van der Waals surface area contributed by atoms with Crippen LogP contribution in [0.5, 0.6) is 0 Å². The van der Waals surface area contributed by atoms with Gasteiger partial charge in [0.15, 0.2) is 0 Å². The molecule has 2 amide bonds. The molecule has 1 aromatic heterocycles. The maximum absolute atomic E-state index is 12.6. The fraction of sp³-hybridized carbons (Fsp3) is 0.292. The molecule has 0 bridgehead atoms. The Morgan fingerprint density at radius 2 is 1.65 bits per heavy atom. The first-order chi connectivity index (χ1) is 14.9. The van der Waals surface area contributed by atoms with Crippen molar-refractivity contribution in [2.75, 3.05) is 6.54 Å². The predicted molar refractivity (Wildman–Crippen MR) is 125 cm³/mol. The van der Waals surface area contributed by atoms with Gasteiger partial charge in [-0.1, -0.05) is 49.4 Å². The van der Waals surface area contributed by atoms with Gasteiger partial charge in [-0.25, -0.2) is 4.98 Å². The molecule has 0 aliphatic carbocycles. The molecular formula is C24H28N4O2S. The Morgan fingerprint density at radius 1 is 1.00 bits per heavy atom. The highest BCUT2D eigenvalue weighted by Gasteiger charge is 2.17. The zero-order valence-electron chi connectivity index (χ0n) is 18.3. The molecule has 2 aromatic carbocycles. The van der Waals surface area contributed by atoms with Gasteiger partial charge in [0.2, 0.25) is 0 Å².